The maximum absolute atomic E-state index is 4.49. The Kier molecular flexibility index (Phi) is 3.74. The first-order chi connectivity index (χ1) is 7.15. The highest BCUT2D eigenvalue weighted by Crippen LogP contribution is 2.28. The number of hydrogen-bond acceptors (Lipinski definition) is 3. The second kappa shape index (κ2) is 4.89. The monoisotopic (exact) mass is 348 g/mol. The van der Waals surface area contributed by atoms with Crippen LogP contribution in [-0.4, -0.2) is 17.0 Å². The van der Waals surface area contributed by atoms with Crippen LogP contribution in [0.25, 0.3) is 0 Å². The van der Waals surface area contributed by atoms with Crippen molar-refractivity contribution in [3.8, 4) is 0 Å². The average Bonchev–Trinajstić information content (AvgIpc) is 2.58. The van der Waals surface area contributed by atoms with Crippen LogP contribution >= 0.6 is 43.6 Å². The first-order valence-electron chi connectivity index (χ1n) is 4.58. The lowest BCUT2D eigenvalue weighted by Gasteiger charge is -2.07. The lowest BCUT2D eigenvalue weighted by Crippen LogP contribution is -2.05. The zero-order valence-corrected chi connectivity index (χ0v) is 12.1. The number of anilines is 1. The fraction of sp³-hybridized carbons (Fsp3) is 0.300. The van der Waals surface area contributed by atoms with Crippen LogP contribution < -0.4 is 5.32 Å². The summed E-state index contributed by atoms with van der Waals surface area (Å²) in [5.74, 6) is 1.06. The second-order valence-corrected chi connectivity index (χ2v) is 6.12. The van der Waals surface area contributed by atoms with E-state index in [-0.39, 0.29) is 0 Å². The Bertz CT molecular complexity index is 406. The van der Waals surface area contributed by atoms with Gasteiger partial charge in [-0.05, 0) is 41.1 Å². The van der Waals surface area contributed by atoms with Crippen molar-refractivity contribution in [1.82, 2.24) is 0 Å². The Balaban J connectivity index is 2.17. The number of benzene rings is 1. The van der Waals surface area contributed by atoms with Gasteiger partial charge in [-0.25, -0.2) is 0 Å². The van der Waals surface area contributed by atoms with E-state index in [9.17, 15) is 0 Å². The van der Waals surface area contributed by atoms with Gasteiger partial charge in [0.25, 0.3) is 0 Å². The lowest BCUT2D eigenvalue weighted by atomic mass is 10.3. The van der Waals surface area contributed by atoms with Crippen LogP contribution in [-0.2, 0) is 0 Å². The molecular formula is C10H10Br2N2S. The molecule has 1 aromatic rings. The molecule has 0 bridgehead atoms. The Hall–Kier alpha value is -0.000000000000000111. The highest BCUT2D eigenvalue weighted by Gasteiger charge is 2.14. The number of aliphatic imine (C=N–C) groups is 1. The summed E-state index contributed by atoms with van der Waals surface area (Å²) in [5, 5.41) is 4.32. The van der Waals surface area contributed by atoms with Gasteiger partial charge in [-0.2, -0.15) is 0 Å². The molecule has 2 nitrogen and oxygen atoms in total. The van der Waals surface area contributed by atoms with Gasteiger partial charge in [0, 0.05) is 14.7 Å². The zero-order valence-electron chi connectivity index (χ0n) is 8.13. The third kappa shape index (κ3) is 2.98. The summed E-state index contributed by atoms with van der Waals surface area (Å²) in [6.45, 7) is 2.12. The number of amidine groups is 1. The smallest absolute Gasteiger partial charge is 0.161 e. The molecule has 0 fully saturated rings. The van der Waals surface area contributed by atoms with Crippen LogP contribution in [0.4, 0.5) is 5.69 Å². The summed E-state index contributed by atoms with van der Waals surface area (Å²) in [6, 6.07) is 6.47. The highest BCUT2D eigenvalue weighted by molar-refractivity contribution is 9.11. The normalized spacial score (nSPS) is 20.2. The molecule has 1 aromatic carbocycles. The summed E-state index contributed by atoms with van der Waals surface area (Å²) >= 11 is 8.72. The molecule has 0 aliphatic carbocycles. The molecule has 1 N–H and O–H groups in total. The lowest BCUT2D eigenvalue weighted by molar-refractivity contribution is 0.865. The predicted octanol–water partition coefficient (Wildman–Crippen LogP) is 4.11. The minimum absolute atomic E-state index is 0.420. The third-order valence-electron chi connectivity index (χ3n) is 1.97. The molecule has 1 heterocycles. The van der Waals surface area contributed by atoms with Crippen LogP contribution in [0, 0.1) is 0 Å². The maximum atomic E-state index is 4.49. The van der Waals surface area contributed by atoms with Crippen molar-refractivity contribution in [2.45, 2.75) is 13.0 Å². The maximum Gasteiger partial charge on any atom is 0.161 e. The molecule has 0 amide bonds. The quantitative estimate of drug-likeness (QED) is 0.824. The van der Waals surface area contributed by atoms with Gasteiger partial charge in [0.15, 0.2) is 5.17 Å². The van der Waals surface area contributed by atoms with Crippen LogP contribution in [0.2, 0.25) is 0 Å². The van der Waals surface area contributed by atoms with Crippen molar-refractivity contribution in [2.24, 2.45) is 4.99 Å². The molecule has 5 heteroatoms. The summed E-state index contributed by atoms with van der Waals surface area (Å²) in [5.41, 5.74) is 1.05. The number of rotatable bonds is 1. The number of nitrogens with one attached hydrogen (secondary N) is 1. The number of nitrogens with zero attached hydrogens (tertiary/aromatic N) is 1. The van der Waals surface area contributed by atoms with E-state index in [4.69, 9.17) is 0 Å². The largest absolute Gasteiger partial charge is 0.334 e. The standard InChI is InChI=1S/C10H10Br2N2S/c1-6-5-15-10(13-6)14-9-4-7(11)2-3-8(9)12/h2-4,6H,5H2,1H3,(H,13,14). The fourth-order valence-electron chi connectivity index (χ4n) is 1.25. The summed E-state index contributed by atoms with van der Waals surface area (Å²) in [6.07, 6.45) is 0. The van der Waals surface area contributed by atoms with E-state index < -0.39 is 0 Å². The molecule has 1 atom stereocenters. The van der Waals surface area contributed by atoms with Crippen molar-refractivity contribution in [1.29, 1.82) is 0 Å². The van der Waals surface area contributed by atoms with Crippen LogP contribution in [0.3, 0.4) is 0 Å². The average molecular weight is 350 g/mol. The van der Waals surface area contributed by atoms with E-state index in [1.807, 2.05) is 18.2 Å². The molecule has 1 aliphatic rings. The van der Waals surface area contributed by atoms with E-state index in [1.54, 1.807) is 11.8 Å². The van der Waals surface area contributed by atoms with Gasteiger partial charge in [0.05, 0.1) is 11.7 Å². The van der Waals surface area contributed by atoms with Crippen LogP contribution in [0.5, 0.6) is 0 Å². The zero-order chi connectivity index (χ0) is 10.8. The minimum atomic E-state index is 0.420. The number of thioether (sulfide) groups is 1. The van der Waals surface area contributed by atoms with E-state index in [2.05, 4.69) is 49.1 Å². The minimum Gasteiger partial charge on any atom is -0.334 e. The van der Waals surface area contributed by atoms with Gasteiger partial charge in [0.1, 0.15) is 0 Å². The fourth-order valence-corrected chi connectivity index (χ4v) is 2.87. The van der Waals surface area contributed by atoms with Crippen molar-refractivity contribution < 1.29 is 0 Å². The third-order valence-corrected chi connectivity index (χ3v) is 4.28. The van der Waals surface area contributed by atoms with Gasteiger partial charge in [-0.1, -0.05) is 27.7 Å². The first-order valence-corrected chi connectivity index (χ1v) is 7.15. The number of hydrogen-bond donors (Lipinski definition) is 1. The van der Waals surface area contributed by atoms with Gasteiger partial charge in [-0.3, -0.25) is 4.99 Å². The van der Waals surface area contributed by atoms with Gasteiger partial charge in [0.2, 0.25) is 0 Å². The van der Waals surface area contributed by atoms with Gasteiger partial charge >= 0.3 is 0 Å². The summed E-state index contributed by atoms with van der Waals surface area (Å²) < 4.78 is 2.11. The predicted molar refractivity (Wildman–Crippen MR) is 74.8 cm³/mol. The molecule has 0 saturated heterocycles. The van der Waals surface area contributed by atoms with Gasteiger partial charge < -0.3 is 5.32 Å². The second-order valence-electron chi connectivity index (χ2n) is 3.34. The molecule has 0 spiro atoms. The number of halogens is 2. The Morgan fingerprint density at radius 2 is 2.27 bits per heavy atom. The Morgan fingerprint density at radius 1 is 1.47 bits per heavy atom. The summed E-state index contributed by atoms with van der Waals surface area (Å²) in [7, 11) is 0. The van der Waals surface area contributed by atoms with Crippen molar-refractivity contribution in [2.75, 3.05) is 11.1 Å². The molecule has 1 aliphatic heterocycles. The summed E-state index contributed by atoms with van der Waals surface area (Å²) in [4.78, 5) is 4.49. The molecule has 1 unspecified atom stereocenters. The Morgan fingerprint density at radius 3 is 2.93 bits per heavy atom. The van der Waals surface area contributed by atoms with Crippen molar-refractivity contribution >= 4 is 54.5 Å². The molecule has 80 valence electrons. The first kappa shape index (κ1) is 11.5. The van der Waals surface area contributed by atoms with Gasteiger partial charge in [-0.15, -0.1) is 0 Å². The molecular weight excluding hydrogens is 340 g/mol. The van der Waals surface area contributed by atoms with Crippen molar-refractivity contribution in [3.05, 3.63) is 27.1 Å². The molecule has 15 heavy (non-hydrogen) atoms. The van der Waals surface area contributed by atoms with Crippen molar-refractivity contribution in [3.63, 3.8) is 0 Å². The molecule has 0 aromatic heterocycles. The molecule has 2 rings (SSSR count). The van der Waals surface area contributed by atoms with E-state index in [1.165, 1.54) is 0 Å². The van der Waals surface area contributed by atoms with Crippen LogP contribution in [0.15, 0.2) is 32.1 Å². The van der Waals surface area contributed by atoms with E-state index in [0.29, 0.717) is 6.04 Å². The van der Waals surface area contributed by atoms with E-state index in [0.717, 1.165) is 25.6 Å². The SMILES string of the molecule is CC1CSC(Nc2cc(Br)ccc2Br)=N1. The molecule has 0 radical (unpaired) electrons. The van der Waals surface area contributed by atoms with E-state index >= 15 is 0 Å². The topological polar surface area (TPSA) is 24.4 Å². The van der Waals surface area contributed by atoms with Crippen LogP contribution in [0.1, 0.15) is 6.92 Å². The molecule has 0 saturated carbocycles. The Labute approximate surface area is 110 Å². The highest BCUT2D eigenvalue weighted by atomic mass is 79.9.